The van der Waals surface area contributed by atoms with E-state index in [1.165, 1.54) is 0 Å². The molecule has 3 rings (SSSR count). The fraction of sp³-hybridized carbons (Fsp3) is 0.125. The van der Waals surface area contributed by atoms with Crippen LogP contribution < -0.4 is 4.72 Å². The van der Waals surface area contributed by atoms with Crippen LogP contribution in [0.3, 0.4) is 0 Å². The zero-order chi connectivity index (χ0) is 16.8. The van der Waals surface area contributed by atoms with Gasteiger partial charge >= 0.3 is 0 Å². The fourth-order valence-electron chi connectivity index (χ4n) is 2.02. The van der Waals surface area contributed by atoms with Crippen molar-refractivity contribution in [2.75, 3.05) is 6.54 Å². The quantitative estimate of drug-likeness (QED) is 0.684. The van der Waals surface area contributed by atoms with Crippen molar-refractivity contribution >= 4 is 16.1 Å². The lowest BCUT2D eigenvalue weighted by Gasteiger charge is -2.00. The van der Waals surface area contributed by atoms with Gasteiger partial charge in [-0.15, -0.1) is 0 Å². The number of hydrogen-bond acceptors (Lipinski definition) is 5. The maximum absolute atomic E-state index is 11.9. The van der Waals surface area contributed by atoms with Crippen molar-refractivity contribution in [1.82, 2.24) is 19.9 Å². The average molecular weight is 344 g/mol. The monoisotopic (exact) mass is 344 g/mol. The van der Waals surface area contributed by atoms with Crippen molar-refractivity contribution in [2.24, 2.45) is 0 Å². The summed E-state index contributed by atoms with van der Waals surface area (Å²) in [6.07, 6.45) is 3.48. The first-order valence-electron chi connectivity index (χ1n) is 7.30. The van der Waals surface area contributed by atoms with E-state index in [4.69, 9.17) is 4.42 Å². The molecule has 1 aromatic carbocycles. The van der Waals surface area contributed by atoms with Gasteiger partial charge in [0, 0.05) is 18.4 Å². The third kappa shape index (κ3) is 4.40. The number of nitrogens with one attached hydrogen (secondary N) is 2. The smallest absolute Gasteiger partial charge is 0.233 e. The van der Waals surface area contributed by atoms with Crippen LogP contribution in [0, 0.1) is 0 Å². The summed E-state index contributed by atoms with van der Waals surface area (Å²) < 4.78 is 31.5. The van der Waals surface area contributed by atoms with Crippen molar-refractivity contribution < 1.29 is 12.8 Å². The average Bonchev–Trinajstić information content (AvgIpc) is 3.25. The van der Waals surface area contributed by atoms with Gasteiger partial charge in [-0.3, -0.25) is 5.10 Å². The van der Waals surface area contributed by atoms with Crippen LogP contribution in [0.15, 0.2) is 58.6 Å². The number of sulfonamides is 1. The van der Waals surface area contributed by atoms with E-state index in [9.17, 15) is 8.42 Å². The van der Waals surface area contributed by atoms with Gasteiger partial charge in [-0.25, -0.2) is 18.1 Å². The van der Waals surface area contributed by atoms with Crippen molar-refractivity contribution in [3.05, 3.63) is 65.5 Å². The van der Waals surface area contributed by atoms with Gasteiger partial charge in [-0.05, 0) is 23.8 Å². The second-order valence-corrected chi connectivity index (χ2v) is 6.64. The molecule has 0 bridgehead atoms. The van der Waals surface area contributed by atoms with E-state index in [0.717, 1.165) is 11.0 Å². The number of rotatable bonds is 7. The van der Waals surface area contributed by atoms with E-state index in [-0.39, 0.29) is 6.54 Å². The molecule has 24 heavy (non-hydrogen) atoms. The Bertz CT molecular complexity index is 900. The summed E-state index contributed by atoms with van der Waals surface area (Å²) in [7, 11) is -3.50. The first-order valence-corrected chi connectivity index (χ1v) is 8.85. The Morgan fingerprint density at radius 2 is 2.00 bits per heavy atom. The van der Waals surface area contributed by atoms with Crippen LogP contribution in [0.5, 0.6) is 0 Å². The van der Waals surface area contributed by atoms with Gasteiger partial charge in [0.1, 0.15) is 5.82 Å². The molecule has 0 fully saturated rings. The summed E-state index contributed by atoms with van der Waals surface area (Å²) >= 11 is 0. The summed E-state index contributed by atoms with van der Waals surface area (Å²) in [4.78, 5) is 4.25. The van der Waals surface area contributed by atoms with Crippen LogP contribution in [0.25, 0.3) is 17.7 Å². The lowest BCUT2D eigenvalue weighted by atomic mass is 10.2. The number of aromatic amines is 1. The topological polar surface area (TPSA) is 101 Å². The standard InChI is InChI=1S/C16H16N4O3S/c21-24(22,12-9-13-5-2-1-3-6-13)17-10-8-15-18-16(20-19-15)14-7-4-11-23-14/h1-7,9,11-12,17H,8,10H2,(H,18,19,20)/b12-9+. The minimum atomic E-state index is -3.50. The molecule has 0 aliphatic heterocycles. The van der Waals surface area contributed by atoms with E-state index < -0.39 is 10.0 Å². The van der Waals surface area contributed by atoms with Gasteiger partial charge in [0.25, 0.3) is 0 Å². The van der Waals surface area contributed by atoms with E-state index in [1.807, 2.05) is 30.3 Å². The molecule has 124 valence electrons. The molecule has 3 aromatic rings. The van der Waals surface area contributed by atoms with Crippen LogP contribution in [0.4, 0.5) is 0 Å². The van der Waals surface area contributed by atoms with E-state index in [0.29, 0.717) is 23.8 Å². The Kier molecular flexibility index (Phi) is 4.88. The molecule has 2 heterocycles. The Morgan fingerprint density at radius 1 is 1.17 bits per heavy atom. The Hall–Kier alpha value is -2.71. The fourth-order valence-corrected chi connectivity index (χ4v) is 2.83. The van der Waals surface area contributed by atoms with E-state index >= 15 is 0 Å². The zero-order valence-corrected chi connectivity index (χ0v) is 13.5. The van der Waals surface area contributed by atoms with Crippen molar-refractivity contribution in [3.63, 3.8) is 0 Å². The molecular weight excluding hydrogens is 328 g/mol. The highest BCUT2D eigenvalue weighted by Crippen LogP contribution is 2.14. The Balaban J connectivity index is 1.53. The molecule has 0 atom stereocenters. The van der Waals surface area contributed by atoms with Crippen LogP contribution in [-0.2, 0) is 16.4 Å². The van der Waals surface area contributed by atoms with E-state index in [1.54, 1.807) is 24.5 Å². The maximum Gasteiger partial charge on any atom is 0.233 e. The number of nitrogens with zero attached hydrogens (tertiary/aromatic N) is 2. The SMILES string of the molecule is O=S(=O)(/C=C/c1ccccc1)NCCc1nc(-c2ccco2)n[nH]1. The summed E-state index contributed by atoms with van der Waals surface area (Å²) in [5.41, 5.74) is 0.821. The zero-order valence-electron chi connectivity index (χ0n) is 12.7. The second kappa shape index (κ2) is 7.24. The number of benzene rings is 1. The second-order valence-electron chi connectivity index (χ2n) is 4.99. The number of aromatic nitrogens is 3. The van der Waals surface area contributed by atoms with Gasteiger partial charge in [0.2, 0.25) is 15.8 Å². The molecule has 0 unspecified atom stereocenters. The van der Waals surface area contributed by atoms with Crippen LogP contribution >= 0.6 is 0 Å². The molecule has 0 radical (unpaired) electrons. The summed E-state index contributed by atoms with van der Waals surface area (Å²) in [5.74, 6) is 1.59. The minimum absolute atomic E-state index is 0.217. The highest BCUT2D eigenvalue weighted by molar-refractivity contribution is 7.92. The van der Waals surface area contributed by atoms with Crippen LogP contribution in [0.1, 0.15) is 11.4 Å². The molecule has 0 saturated heterocycles. The highest BCUT2D eigenvalue weighted by atomic mass is 32.2. The normalized spacial score (nSPS) is 12.0. The number of furan rings is 1. The van der Waals surface area contributed by atoms with Crippen molar-refractivity contribution in [2.45, 2.75) is 6.42 Å². The lowest BCUT2D eigenvalue weighted by Crippen LogP contribution is -2.24. The molecule has 0 saturated carbocycles. The first-order chi connectivity index (χ1) is 11.6. The van der Waals surface area contributed by atoms with Gasteiger partial charge in [-0.1, -0.05) is 30.3 Å². The molecule has 8 heteroatoms. The highest BCUT2D eigenvalue weighted by Gasteiger charge is 2.09. The van der Waals surface area contributed by atoms with Gasteiger partial charge in [0.05, 0.1) is 6.26 Å². The largest absolute Gasteiger partial charge is 0.461 e. The molecule has 2 N–H and O–H groups in total. The van der Waals surface area contributed by atoms with Crippen LogP contribution in [0.2, 0.25) is 0 Å². The molecule has 2 aromatic heterocycles. The first kappa shape index (κ1) is 16.2. The minimum Gasteiger partial charge on any atom is -0.461 e. The molecular formula is C16H16N4O3S. The molecule has 7 nitrogen and oxygen atoms in total. The molecule has 0 spiro atoms. The number of hydrogen-bond donors (Lipinski definition) is 2. The predicted molar refractivity (Wildman–Crippen MR) is 90.2 cm³/mol. The third-order valence-corrected chi connectivity index (χ3v) is 4.28. The summed E-state index contributed by atoms with van der Waals surface area (Å²) in [6, 6.07) is 12.7. The molecule has 0 aliphatic rings. The molecule has 0 amide bonds. The Morgan fingerprint density at radius 3 is 2.75 bits per heavy atom. The lowest BCUT2D eigenvalue weighted by molar-refractivity contribution is 0.577. The van der Waals surface area contributed by atoms with E-state index in [2.05, 4.69) is 19.9 Å². The third-order valence-electron chi connectivity index (χ3n) is 3.18. The maximum atomic E-state index is 11.9. The van der Waals surface area contributed by atoms with Crippen molar-refractivity contribution in [3.8, 4) is 11.6 Å². The van der Waals surface area contributed by atoms with Crippen LogP contribution in [-0.4, -0.2) is 30.1 Å². The summed E-state index contributed by atoms with van der Waals surface area (Å²) in [6.45, 7) is 0.217. The Labute approximate surface area is 139 Å². The van der Waals surface area contributed by atoms with Crippen molar-refractivity contribution in [1.29, 1.82) is 0 Å². The van der Waals surface area contributed by atoms with Gasteiger partial charge < -0.3 is 4.42 Å². The van der Waals surface area contributed by atoms with Gasteiger partial charge in [-0.2, -0.15) is 5.10 Å². The molecule has 0 aliphatic carbocycles. The number of H-pyrrole nitrogens is 1. The summed E-state index contributed by atoms with van der Waals surface area (Å²) in [5, 5.41) is 7.94. The van der Waals surface area contributed by atoms with Gasteiger partial charge in [0.15, 0.2) is 5.76 Å². The predicted octanol–water partition coefficient (Wildman–Crippen LogP) is 2.20.